The highest BCUT2D eigenvalue weighted by Gasteiger charge is 1.89. The lowest BCUT2D eigenvalue weighted by Crippen LogP contribution is -2.25. The van der Waals surface area contributed by atoms with Crippen molar-refractivity contribution in [2.75, 3.05) is 0 Å². The van der Waals surface area contributed by atoms with Crippen LogP contribution in [0.1, 0.15) is 0 Å². The standard InChI is InChI=1S/C6H7FN/c1-8-4-2-6(7)3-5-8/h2-5H,1H3/q+1. The van der Waals surface area contributed by atoms with Crippen molar-refractivity contribution in [3.8, 4) is 0 Å². The Morgan fingerprint density at radius 2 is 1.88 bits per heavy atom. The number of nitrogens with zero attached hydrogens (tertiary/aromatic N) is 1. The summed E-state index contributed by atoms with van der Waals surface area (Å²) in [5.41, 5.74) is 0. The Kier molecular flexibility index (Phi) is 1.24. The lowest BCUT2D eigenvalue weighted by Gasteiger charge is -1.82. The van der Waals surface area contributed by atoms with Gasteiger partial charge in [0.2, 0.25) is 0 Å². The molecule has 1 heterocycles. The number of halogens is 1. The van der Waals surface area contributed by atoms with Gasteiger partial charge >= 0.3 is 0 Å². The third kappa shape index (κ3) is 1.03. The zero-order chi connectivity index (χ0) is 5.98. The summed E-state index contributed by atoms with van der Waals surface area (Å²) < 4.78 is 13.9. The molecule has 0 aliphatic heterocycles. The van der Waals surface area contributed by atoms with E-state index in [1.807, 2.05) is 7.05 Å². The monoisotopic (exact) mass is 112 g/mol. The summed E-state index contributed by atoms with van der Waals surface area (Å²) in [6.45, 7) is 0. The van der Waals surface area contributed by atoms with Crippen LogP contribution in [0.5, 0.6) is 0 Å². The summed E-state index contributed by atoms with van der Waals surface area (Å²) in [7, 11) is 1.85. The Morgan fingerprint density at radius 1 is 1.38 bits per heavy atom. The van der Waals surface area contributed by atoms with Gasteiger partial charge in [0.05, 0.1) is 0 Å². The van der Waals surface area contributed by atoms with Crippen LogP contribution in [0, 0.1) is 5.82 Å². The number of pyridine rings is 1. The molecule has 1 rings (SSSR count). The molecule has 1 nitrogen and oxygen atoms in total. The molecule has 0 radical (unpaired) electrons. The van der Waals surface area contributed by atoms with E-state index in [1.54, 1.807) is 17.0 Å². The average Bonchev–Trinajstić information content (AvgIpc) is 1.77. The van der Waals surface area contributed by atoms with Crippen LogP contribution < -0.4 is 4.57 Å². The van der Waals surface area contributed by atoms with Crippen molar-refractivity contribution in [2.45, 2.75) is 0 Å². The predicted molar refractivity (Wildman–Crippen MR) is 27.6 cm³/mol. The highest BCUT2D eigenvalue weighted by Crippen LogP contribution is 1.87. The lowest BCUT2D eigenvalue weighted by atomic mass is 10.5. The lowest BCUT2D eigenvalue weighted by molar-refractivity contribution is -0.671. The number of hydrogen-bond donors (Lipinski definition) is 0. The fourth-order valence-corrected chi connectivity index (χ4v) is 0.483. The van der Waals surface area contributed by atoms with E-state index in [0.717, 1.165) is 0 Å². The van der Waals surface area contributed by atoms with E-state index < -0.39 is 0 Å². The topological polar surface area (TPSA) is 3.88 Å². The van der Waals surface area contributed by atoms with Crippen LogP contribution >= 0.6 is 0 Å². The van der Waals surface area contributed by atoms with Gasteiger partial charge in [-0.15, -0.1) is 0 Å². The van der Waals surface area contributed by atoms with E-state index in [1.165, 1.54) is 12.1 Å². The normalized spacial score (nSPS) is 9.25. The largest absolute Gasteiger partial charge is 0.208 e. The molecule has 0 atom stereocenters. The third-order valence-electron chi connectivity index (χ3n) is 0.938. The van der Waals surface area contributed by atoms with Crippen molar-refractivity contribution in [3.05, 3.63) is 30.3 Å². The molecule has 0 fully saturated rings. The zero-order valence-electron chi connectivity index (χ0n) is 4.63. The minimum Gasteiger partial charge on any atom is -0.208 e. The molecule has 0 spiro atoms. The van der Waals surface area contributed by atoms with Crippen LogP contribution in [0.25, 0.3) is 0 Å². The van der Waals surface area contributed by atoms with Crippen LogP contribution in [0.3, 0.4) is 0 Å². The molecule has 0 amide bonds. The van der Waals surface area contributed by atoms with E-state index in [4.69, 9.17) is 0 Å². The third-order valence-corrected chi connectivity index (χ3v) is 0.938. The van der Waals surface area contributed by atoms with Gasteiger partial charge in [0.1, 0.15) is 12.9 Å². The number of aryl methyl sites for hydroxylation is 1. The molecule has 0 aliphatic rings. The van der Waals surface area contributed by atoms with Gasteiger partial charge in [-0.2, -0.15) is 0 Å². The van der Waals surface area contributed by atoms with Crippen LogP contribution in [0.4, 0.5) is 4.39 Å². The Labute approximate surface area is 47.4 Å². The van der Waals surface area contributed by atoms with E-state index in [-0.39, 0.29) is 5.82 Å². The van der Waals surface area contributed by atoms with E-state index in [0.29, 0.717) is 0 Å². The van der Waals surface area contributed by atoms with Gasteiger partial charge in [-0.1, -0.05) is 0 Å². The molecule has 0 unspecified atom stereocenters. The highest BCUT2D eigenvalue weighted by molar-refractivity contribution is 4.88. The minimum absolute atomic E-state index is 0.192. The van der Waals surface area contributed by atoms with Crippen molar-refractivity contribution < 1.29 is 8.96 Å². The number of rotatable bonds is 0. The first-order valence-corrected chi connectivity index (χ1v) is 2.40. The first kappa shape index (κ1) is 5.22. The van der Waals surface area contributed by atoms with Crippen molar-refractivity contribution >= 4 is 0 Å². The zero-order valence-corrected chi connectivity index (χ0v) is 4.63. The average molecular weight is 112 g/mol. The second kappa shape index (κ2) is 1.90. The van der Waals surface area contributed by atoms with Crippen LogP contribution in [-0.2, 0) is 7.05 Å². The fraction of sp³-hybridized carbons (Fsp3) is 0.167. The Bertz CT molecular complexity index is 147. The summed E-state index contributed by atoms with van der Waals surface area (Å²) in [4.78, 5) is 0. The fourth-order valence-electron chi connectivity index (χ4n) is 0.483. The molecular formula is C6H7FN+. The second-order valence-corrected chi connectivity index (χ2v) is 1.68. The predicted octanol–water partition coefficient (Wildman–Crippen LogP) is 0.650. The number of aromatic nitrogens is 1. The maximum atomic E-state index is 12.1. The molecule has 0 aliphatic carbocycles. The van der Waals surface area contributed by atoms with Gasteiger partial charge in [-0.25, -0.2) is 8.96 Å². The van der Waals surface area contributed by atoms with Gasteiger partial charge < -0.3 is 0 Å². The Balaban J connectivity index is 3.03. The van der Waals surface area contributed by atoms with Crippen molar-refractivity contribution in [1.29, 1.82) is 0 Å². The molecule has 0 saturated heterocycles. The molecule has 8 heavy (non-hydrogen) atoms. The van der Waals surface area contributed by atoms with Crippen LogP contribution in [0.15, 0.2) is 24.5 Å². The Morgan fingerprint density at radius 3 is 2.25 bits per heavy atom. The van der Waals surface area contributed by atoms with E-state index >= 15 is 0 Å². The molecule has 0 aromatic carbocycles. The molecule has 0 N–H and O–H groups in total. The van der Waals surface area contributed by atoms with Gasteiger partial charge in [0, 0.05) is 12.1 Å². The smallest absolute Gasteiger partial charge is 0.171 e. The van der Waals surface area contributed by atoms with Crippen molar-refractivity contribution in [2.24, 2.45) is 7.05 Å². The molecule has 1 aromatic rings. The maximum Gasteiger partial charge on any atom is 0.171 e. The molecule has 0 saturated carbocycles. The van der Waals surface area contributed by atoms with Crippen LogP contribution in [-0.4, -0.2) is 0 Å². The van der Waals surface area contributed by atoms with Gasteiger partial charge in [0.15, 0.2) is 12.4 Å². The molecule has 2 heteroatoms. The van der Waals surface area contributed by atoms with Gasteiger partial charge in [-0.05, 0) is 0 Å². The molecular weight excluding hydrogens is 105 g/mol. The number of hydrogen-bond acceptors (Lipinski definition) is 0. The summed E-state index contributed by atoms with van der Waals surface area (Å²) in [5.74, 6) is -0.192. The van der Waals surface area contributed by atoms with Crippen molar-refractivity contribution in [3.63, 3.8) is 0 Å². The SMILES string of the molecule is C[n+]1ccc(F)cc1. The quantitative estimate of drug-likeness (QED) is 0.434. The summed E-state index contributed by atoms with van der Waals surface area (Å²) in [5, 5.41) is 0. The molecule has 42 valence electrons. The molecule has 0 bridgehead atoms. The van der Waals surface area contributed by atoms with Gasteiger partial charge in [0.25, 0.3) is 0 Å². The Hall–Kier alpha value is -0.920. The van der Waals surface area contributed by atoms with Crippen molar-refractivity contribution in [1.82, 2.24) is 0 Å². The van der Waals surface area contributed by atoms with E-state index in [9.17, 15) is 4.39 Å². The first-order valence-electron chi connectivity index (χ1n) is 2.40. The van der Waals surface area contributed by atoms with E-state index in [2.05, 4.69) is 0 Å². The first-order chi connectivity index (χ1) is 3.79. The maximum absolute atomic E-state index is 12.1. The molecule has 1 aromatic heterocycles. The summed E-state index contributed by atoms with van der Waals surface area (Å²) in [6.07, 6.45) is 3.32. The summed E-state index contributed by atoms with van der Waals surface area (Å²) >= 11 is 0. The highest BCUT2D eigenvalue weighted by atomic mass is 19.1. The second-order valence-electron chi connectivity index (χ2n) is 1.68. The summed E-state index contributed by atoms with van der Waals surface area (Å²) in [6, 6.07) is 2.83. The van der Waals surface area contributed by atoms with Gasteiger partial charge in [-0.3, -0.25) is 0 Å². The van der Waals surface area contributed by atoms with Crippen LogP contribution in [0.2, 0.25) is 0 Å². The minimum atomic E-state index is -0.192.